The maximum Gasteiger partial charge on any atom is 0.257 e. The largest absolute Gasteiger partial charge is 0.343 e. The average Bonchev–Trinajstić information content (AvgIpc) is 3.07. The fourth-order valence-electron chi connectivity index (χ4n) is 2.23. The molecule has 1 aliphatic heterocycles. The fourth-order valence-corrected chi connectivity index (χ4v) is 2.96. The molecule has 1 aliphatic rings. The van der Waals surface area contributed by atoms with Crippen LogP contribution in [0.3, 0.4) is 0 Å². The number of rotatable bonds is 2. The van der Waals surface area contributed by atoms with Crippen LogP contribution in [0.15, 0.2) is 12.4 Å². The Hall–Kier alpha value is -1.96. The Kier molecular flexibility index (Phi) is 3.39. The molecule has 0 spiro atoms. The molecule has 1 amide bonds. The van der Waals surface area contributed by atoms with Crippen LogP contribution in [0.2, 0.25) is 0 Å². The van der Waals surface area contributed by atoms with Crippen LogP contribution in [-0.2, 0) is 7.05 Å². The van der Waals surface area contributed by atoms with Gasteiger partial charge in [0, 0.05) is 51.0 Å². The van der Waals surface area contributed by atoms with Gasteiger partial charge in [-0.3, -0.25) is 9.48 Å². The minimum Gasteiger partial charge on any atom is -0.343 e. The molecule has 2 aromatic heterocycles. The summed E-state index contributed by atoms with van der Waals surface area (Å²) in [4.78, 5) is 20.7. The van der Waals surface area contributed by atoms with Crippen molar-refractivity contribution in [3.8, 4) is 0 Å². The molecule has 3 rings (SSSR count). The fraction of sp³-hybridized carbons (Fsp3) is 0.500. The molecular formula is C12H16N6OS. The summed E-state index contributed by atoms with van der Waals surface area (Å²) in [7, 11) is 1.81. The Balaban J connectivity index is 1.62. The molecule has 2 aromatic rings. The molecular weight excluding hydrogens is 276 g/mol. The van der Waals surface area contributed by atoms with Gasteiger partial charge in [0.25, 0.3) is 5.91 Å². The first-order valence-electron chi connectivity index (χ1n) is 6.46. The summed E-state index contributed by atoms with van der Waals surface area (Å²) in [6, 6.07) is 0. The van der Waals surface area contributed by atoms with Crippen molar-refractivity contribution in [2.75, 3.05) is 31.1 Å². The SMILES string of the molecule is Cc1nsc(N2CCN(C(=O)c3cnn(C)c3)CC2)n1. The number of carbonyl (C=O) groups is 1. The zero-order valence-corrected chi connectivity index (χ0v) is 12.3. The van der Waals surface area contributed by atoms with Crippen molar-refractivity contribution in [2.45, 2.75) is 6.92 Å². The van der Waals surface area contributed by atoms with E-state index < -0.39 is 0 Å². The van der Waals surface area contributed by atoms with Crippen molar-refractivity contribution < 1.29 is 4.79 Å². The van der Waals surface area contributed by atoms with Gasteiger partial charge >= 0.3 is 0 Å². The average molecular weight is 292 g/mol. The zero-order valence-electron chi connectivity index (χ0n) is 11.5. The maximum absolute atomic E-state index is 12.3. The molecule has 0 saturated carbocycles. The topological polar surface area (TPSA) is 67.2 Å². The van der Waals surface area contributed by atoms with E-state index in [4.69, 9.17) is 0 Å². The third-order valence-electron chi connectivity index (χ3n) is 3.31. The van der Waals surface area contributed by atoms with E-state index in [0.29, 0.717) is 18.7 Å². The van der Waals surface area contributed by atoms with Gasteiger partial charge in [-0.15, -0.1) is 0 Å². The van der Waals surface area contributed by atoms with E-state index in [1.165, 1.54) is 11.5 Å². The first-order valence-corrected chi connectivity index (χ1v) is 7.24. The number of anilines is 1. The van der Waals surface area contributed by atoms with Gasteiger partial charge < -0.3 is 9.80 Å². The number of carbonyl (C=O) groups excluding carboxylic acids is 1. The van der Waals surface area contributed by atoms with Crippen molar-refractivity contribution in [1.82, 2.24) is 24.0 Å². The van der Waals surface area contributed by atoms with Crippen LogP contribution in [-0.4, -0.2) is 56.1 Å². The molecule has 7 nitrogen and oxygen atoms in total. The predicted molar refractivity (Wildman–Crippen MR) is 76.0 cm³/mol. The molecule has 0 radical (unpaired) electrons. The first kappa shape index (κ1) is 13.0. The summed E-state index contributed by atoms with van der Waals surface area (Å²) in [6.45, 7) is 4.88. The molecule has 0 atom stereocenters. The molecule has 0 bridgehead atoms. The van der Waals surface area contributed by atoms with Crippen molar-refractivity contribution in [1.29, 1.82) is 0 Å². The van der Waals surface area contributed by atoms with Gasteiger partial charge in [-0.1, -0.05) is 0 Å². The van der Waals surface area contributed by atoms with E-state index >= 15 is 0 Å². The molecule has 0 aromatic carbocycles. The molecule has 0 aliphatic carbocycles. The van der Waals surface area contributed by atoms with E-state index in [-0.39, 0.29) is 5.91 Å². The number of hydrogen-bond acceptors (Lipinski definition) is 6. The second kappa shape index (κ2) is 5.20. The van der Waals surface area contributed by atoms with Crippen LogP contribution in [0, 0.1) is 6.92 Å². The minimum atomic E-state index is 0.0474. The smallest absolute Gasteiger partial charge is 0.257 e. The molecule has 20 heavy (non-hydrogen) atoms. The lowest BCUT2D eigenvalue weighted by Gasteiger charge is -2.34. The normalized spacial score (nSPS) is 15.7. The van der Waals surface area contributed by atoms with Gasteiger partial charge in [0.15, 0.2) is 0 Å². The summed E-state index contributed by atoms with van der Waals surface area (Å²) < 4.78 is 5.84. The third-order valence-corrected chi connectivity index (χ3v) is 4.17. The summed E-state index contributed by atoms with van der Waals surface area (Å²) in [5.74, 6) is 0.852. The Morgan fingerprint density at radius 3 is 2.60 bits per heavy atom. The highest BCUT2D eigenvalue weighted by Gasteiger charge is 2.24. The monoisotopic (exact) mass is 292 g/mol. The highest BCUT2D eigenvalue weighted by Crippen LogP contribution is 2.19. The molecule has 8 heteroatoms. The van der Waals surface area contributed by atoms with Gasteiger partial charge in [0.1, 0.15) is 5.82 Å². The molecule has 106 valence electrons. The van der Waals surface area contributed by atoms with Crippen molar-refractivity contribution in [3.05, 3.63) is 23.8 Å². The second-order valence-electron chi connectivity index (χ2n) is 4.81. The van der Waals surface area contributed by atoms with Gasteiger partial charge in [0.05, 0.1) is 11.8 Å². The number of aromatic nitrogens is 4. The van der Waals surface area contributed by atoms with Crippen molar-refractivity contribution >= 4 is 22.6 Å². The van der Waals surface area contributed by atoms with E-state index in [0.717, 1.165) is 24.0 Å². The van der Waals surface area contributed by atoms with Crippen LogP contribution in [0.25, 0.3) is 0 Å². The zero-order chi connectivity index (χ0) is 14.1. The standard InChI is InChI=1S/C12H16N6OS/c1-9-14-12(20-15-9)18-5-3-17(4-6-18)11(19)10-7-13-16(2)8-10/h7-8H,3-6H2,1-2H3. The van der Waals surface area contributed by atoms with Gasteiger partial charge in [-0.05, 0) is 6.92 Å². The second-order valence-corrected chi connectivity index (χ2v) is 5.54. The van der Waals surface area contributed by atoms with E-state index in [1.807, 2.05) is 18.9 Å². The minimum absolute atomic E-state index is 0.0474. The van der Waals surface area contributed by atoms with E-state index in [1.54, 1.807) is 17.1 Å². The number of piperazine rings is 1. The Bertz CT molecular complexity index is 613. The number of amides is 1. The lowest BCUT2D eigenvalue weighted by atomic mass is 10.2. The van der Waals surface area contributed by atoms with E-state index in [9.17, 15) is 4.79 Å². The lowest BCUT2D eigenvalue weighted by molar-refractivity contribution is 0.0746. The van der Waals surface area contributed by atoms with Crippen LogP contribution in [0.5, 0.6) is 0 Å². The maximum atomic E-state index is 12.3. The predicted octanol–water partition coefficient (Wildman–Crippen LogP) is 0.542. The number of nitrogens with zero attached hydrogens (tertiary/aromatic N) is 6. The quantitative estimate of drug-likeness (QED) is 0.808. The summed E-state index contributed by atoms with van der Waals surface area (Å²) >= 11 is 1.41. The molecule has 3 heterocycles. The summed E-state index contributed by atoms with van der Waals surface area (Å²) in [6.07, 6.45) is 3.37. The molecule has 0 unspecified atom stereocenters. The highest BCUT2D eigenvalue weighted by atomic mass is 32.1. The number of hydrogen-bond donors (Lipinski definition) is 0. The van der Waals surface area contributed by atoms with Gasteiger partial charge in [-0.25, -0.2) is 4.98 Å². The number of aryl methyl sites for hydroxylation is 2. The molecule has 1 fully saturated rings. The Morgan fingerprint density at radius 1 is 1.30 bits per heavy atom. The Morgan fingerprint density at radius 2 is 2.05 bits per heavy atom. The van der Waals surface area contributed by atoms with Gasteiger partial charge in [-0.2, -0.15) is 9.47 Å². The lowest BCUT2D eigenvalue weighted by Crippen LogP contribution is -2.48. The summed E-state index contributed by atoms with van der Waals surface area (Å²) in [5, 5.41) is 4.98. The third kappa shape index (κ3) is 2.51. The molecule has 0 N–H and O–H groups in total. The van der Waals surface area contributed by atoms with Crippen molar-refractivity contribution in [3.63, 3.8) is 0 Å². The van der Waals surface area contributed by atoms with E-state index in [2.05, 4.69) is 19.4 Å². The van der Waals surface area contributed by atoms with Crippen LogP contribution in [0.4, 0.5) is 5.13 Å². The van der Waals surface area contributed by atoms with Crippen LogP contribution in [0.1, 0.15) is 16.2 Å². The Labute approximate surface area is 121 Å². The van der Waals surface area contributed by atoms with Crippen LogP contribution >= 0.6 is 11.5 Å². The van der Waals surface area contributed by atoms with Crippen molar-refractivity contribution in [2.24, 2.45) is 7.05 Å². The van der Waals surface area contributed by atoms with Gasteiger partial charge in [0.2, 0.25) is 5.13 Å². The summed E-state index contributed by atoms with van der Waals surface area (Å²) in [5.41, 5.74) is 0.646. The molecule has 1 saturated heterocycles. The highest BCUT2D eigenvalue weighted by molar-refractivity contribution is 7.09. The first-order chi connectivity index (χ1) is 9.63. The van der Waals surface area contributed by atoms with Crippen LogP contribution < -0.4 is 4.90 Å².